The zero-order valence-electron chi connectivity index (χ0n) is 20.9. The van der Waals surface area contributed by atoms with Crippen LogP contribution in [0.4, 0.5) is 10.5 Å². The minimum absolute atomic E-state index is 0.0992. The summed E-state index contributed by atoms with van der Waals surface area (Å²) < 4.78 is 8.40. The van der Waals surface area contributed by atoms with Gasteiger partial charge in [0.05, 0.1) is 29.2 Å². The van der Waals surface area contributed by atoms with Crippen LogP contribution in [-0.2, 0) is 13.0 Å². The molecule has 2 aliphatic heterocycles. The van der Waals surface area contributed by atoms with Crippen molar-refractivity contribution in [1.82, 2.24) is 25.0 Å². The molecule has 4 heterocycles. The third-order valence-corrected chi connectivity index (χ3v) is 7.50. The molecule has 0 saturated carbocycles. The molecule has 0 aliphatic carbocycles. The van der Waals surface area contributed by atoms with Gasteiger partial charge in [-0.3, -0.25) is 4.98 Å². The van der Waals surface area contributed by atoms with E-state index in [4.69, 9.17) is 4.74 Å². The summed E-state index contributed by atoms with van der Waals surface area (Å²) in [6, 6.07) is 11.4. The molecular formula is C28H31BrN6O2. The minimum atomic E-state index is -0.0992. The summed E-state index contributed by atoms with van der Waals surface area (Å²) >= 11 is 3.66. The monoisotopic (exact) mass is 562 g/mol. The lowest BCUT2D eigenvalue weighted by Crippen LogP contribution is -2.42. The molecule has 5 rings (SSSR count). The number of allylic oxidation sites excluding steroid dienone is 2. The second-order valence-corrected chi connectivity index (χ2v) is 10.1. The van der Waals surface area contributed by atoms with E-state index < -0.39 is 0 Å². The molecule has 1 atom stereocenters. The number of likely N-dealkylation sites (tertiary alicyclic amines) is 1. The van der Waals surface area contributed by atoms with Gasteiger partial charge in [-0.15, -0.1) is 0 Å². The normalized spacial score (nSPS) is 20.4. The Morgan fingerprint density at radius 2 is 2.11 bits per heavy atom. The van der Waals surface area contributed by atoms with Crippen molar-refractivity contribution in [3.63, 3.8) is 0 Å². The Balaban J connectivity index is 1.35. The van der Waals surface area contributed by atoms with Crippen LogP contribution in [0.5, 0.6) is 5.75 Å². The van der Waals surface area contributed by atoms with Crippen LogP contribution >= 0.6 is 15.9 Å². The SMILES string of the molecule is COc1ccccc1NC(=O)N1CCCC(C2=C\CCc3c(Br)cnn3/C(NCc3cccnc3)=C\2)C1. The van der Waals surface area contributed by atoms with Crippen molar-refractivity contribution in [2.75, 3.05) is 25.5 Å². The van der Waals surface area contributed by atoms with Crippen LogP contribution in [0.2, 0.25) is 0 Å². The largest absolute Gasteiger partial charge is 0.495 e. The summed E-state index contributed by atoms with van der Waals surface area (Å²) in [6.07, 6.45) is 13.8. The molecule has 37 heavy (non-hydrogen) atoms. The van der Waals surface area contributed by atoms with E-state index in [-0.39, 0.29) is 11.9 Å². The van der Waals surface area contributed by atoms with Crippen molar-refractivity contribution in [1.29, 1.82) is 0 Å². The number of para-hydroxylation sites is 2. The number of benzene rings is 1. The molecule has 1 fully saturated rings. The number of halogens is 1. The summed E-state index contributed by atoms with van der Waals surface area (Å²) in [5.74, 6) is 1.82. The molecule has 8 nitrogen and oxygen atoms in total. The number of aromatic nitrogens is 3. The first kappa shape index (κ1) is 25.1. The number of carbonyl (C=O) groups is 1. The van der Waals surface area contributed by atoms with Gasteiger partial charge in [-0.05, 0) is 77.0 Å². The molecule has 1 aromatic carbocycles. The van der Waals surface area contributed by atoms with E-state index in [0.717, 1.165) is 53.8 Å². The van der Waals surface area contributed by atoms with Gasteiger partial charge in [0, 0.05) is 37.9 Å². The van der Waals surface area contributed by atoms with Gasteiger partial charge < -0.3 is 20.3 Å². The van der Waals surface area contributed by atoms with Crippen LogP contribution in [0.15, 0.2) is 77.2 Å². The Morgan fingerprint density at radius 3 is 2.95 bits per heavy atom. The lowest BCUT2D eigenvalue weighted by atomic mass is 9.88. The number of carbonyl (C=O) groups excluding carboxylic acids is 1. The average Bonchev–Trinajstić information content (AvgIpc) is 3.28. The number of nitrogens with zero attached hydrogens (tertiary/aromatic N) is 4. The topological polar surface area (TPSA) is 84.3 Å². The fourth-order valence-electron chi connectivity index (χ4n) is 4.92. The maximum Gasteiger partial charge on any atom is 0.321 e. The third-order valence-electron chi connectivity index (χ3n) is 6.84. The molecule has 2 N–H and O–H groups in total. The predicted octanol–water partition coefficient (Wildman–Crippen LogP) is 5.45. The maximum absolute atomic E-state index is 13.2. The van der Waals surface area contributed by atoms with Gasteiger partial charge in [-0.25, -0.2) is 9.48 Å². The molecule has 1 saturated heterocycles. The van der Waals surface area contributed by atoms with E-state index in [9.17, 15) is 4.79 Å². The van der Waals surface area contributed by atoms with Gasteiger partial charge >= 0.3 is 6.03 Å². The van der Waals surface area contributed by atoms with Crippen LogP contribution in [0.3, 0.4) is 0 Å². The molecule has 192 valence electrons. The Hall–Kier alpha value is -3.59. The zero-order valence-corrected chi connectivity index (χ0v) is 22.4. The number of hydrogen-bond donors (Lipinski definition) is 2. The molecule has 0 bridgehead atoms. The Morgan fingerprint density at radius 1 is 1.22 bits per heavy atom. The number of anilines is 1. The van der Waals surface area contributed by atoms with Crippen molar-refractivity contribution in [3.8, 4) is 5.75 Å². The molecule has 2 aliphatic rings. The highest BCUT2D eigenvalue weighted by atomic mass is 79.9. The lowest BCUT2D eigenvalue weighted by molar-refractivity contribution is 0.186. The fourth-order valence-corrected chi connectivity index (χ4v) is 5.38. The van der Waals surface area contributed by atoms with Crippen LogP contribution in [0, 0.1) is 5.92 Å². The lowest BCUT2D eigenvalue weighted by Gasteiger charge is -2.34. The number of methoxy groups -OCH3 is 1. The standard InChI is InChI=1S/C28H31BrN6O2/c1-37-26-12-3-2-10-24(26)33-28(36)34-14-6-9-22(19-34)21-8-4-11-25-23(29)18-32-35(25)27(15-21)31-17-20-7-5-13-30-16-20/h2-3,5,7-8,10,12-13,15-16,18,22,31H,4,6,9,11,14,17,19H2,1H3,(H,33,36)/b21-8-,27-15-. The fraction of sp³-hybridized carbons (Fsp3) is 0.321. The minimum Gasteiger partial charge on any atom is -0.495 e. The number of rotatable bonds is 6. The summed E-state index contributed by atoms with van der Waals surface area (Å²) in [6.45, 7) is 2.04. The van der Waals surface area contributed by atoms with Crippen LogP contribution in [0.1, 0.15) is 30.5 Å². The highest BCUT2D eigenvalue weighted by Gasteiger charge is 2.27. The van der Waals surface area contributed by atoms with Gasteiger partial charge in [-0.1, -0.05) is 24.3 Å². The molecule has 9 heteroatoms. The number of urea groups is 1. The first-order chi connectivity index (χ1) is 18.1. The molecule has 0 spiro atoms. The summed E-state index contributed by atoms with van der Waals surface area (Å²) in [5, 5.41) is 11.3. The van der Waals surface area contributed by atoms with Crippen LogP contribution in [0.25, 0.3) is 5.82 Å². The van der Waals surface area contributed by atoms with Gasteiger partial charge in [-0.2, -0.15) is 5.10 Å². The average molecular weight is 564 g/mol. The quantitative estimate of drug-likeness (QED) is 0.417. The number of hydrogen-bond acceptors (Lipinski definition) is 5. The summed E-state index contributed by atoms with van der Waals surface area (Å²) in [7, 11) is 1.61. The smallest absolute Gasteiger partial charge is 0.321 e. The van der Waals surface area contributed by atoms with Crippen molar-refractivity contribution in [3.05, 3.63) is 88.4 Å². The number of pyridine rings is 1. The van der Waals surface area contributed by atoms with E-state index in [2.05, 4.69) is 54.9 Å². The second kappa shape index (κ2) is 11.6. The third kappa shape index (κ3) is 5.88. The first-order valence-electron chi connectivity index (χ1n) is 12.6. The molecule has 2 amide bonds. The van der Waals surface area contributed by atoms with Crippen molar-refractivity contribution in [2.45, 2.75) is 32.2 Å². The van der Waals surface area contributed by atoms with Crippen molar-refractivity contribution >= 4 is 33.5 Å². The maximum atomic E-state index is 13.2. The molecule has 2 aromatic heterocycles. The van der Waals surface area contributed by atoms with Crippen molar-refractivity contribution in [2.24, 2.45) is 5.92 Å². The zero-order chi connectivity index (χ0) is 25.6. The first-order valence-corrected chi connectivity index (χ1v) is 13.4. The van der Waals surface area contributed by atoms with E-state index >= 15 is 0 Å². The highest BCUT2D eigenvalue weighted by Crippen LogP contribution is 2.31. The van der Waals surface area contributed by atoms with E-state index in [1.54, 1.807) is 13.3 Å². The second-order valence-electron chi connectivity index (χ2n) is 9.25. The van der Waals surface area contributed by atoms with E-state index in [0.29, 0.717) is 24.5 Å². The van der Waals surface area contributed by atoms with E-state index in [1.807, 2.05) is 52.3 Å². The van der Waals surface area contributed by atoms with Crippen molar-refractivity contribution < 1.29 is 9.53 Å². The number of fused-ring (bicyclic) bond motifs is 1. The molecule has 1 unspecified atom stereocenters. The Kier molecular flexibility index (Phi) is 7.89. The van der Waals surface area contributed by atoms with Gasteiger partial charge in [0.15, 0.2) is 0 Å². The highest BCUT2D eigenvalue weighted by molar-refractivity contribution is 9.10. The van der Waals surface area contributed by atoms with Gasteiger partial charge in [0.1, 0.15) is 11.6 Å². The summed E-state index contributed by atoms with van der Waals surface area (Å²) in [4.78, 5) is 19.3. The molecule has 0 radical (unpaired) electrons. The van der Waals surface area contributed by atoms with E-state index in [1.165, 1.54) is 5.57 Å². The van der Waals surface area contributed by atoms with Gasteiger partial charge in [0.25, 0.3) is 0 Å². The number of nitrogens with one attached hydrogen (secondary N) is 2. The summed E-state index contributed by atoms with van der Waals surface area (Å²) in [5.41, 5.74) is 4.16. The van der Waals surface area contributed by atoms with Crippen LogP contribution in [-0.4, -0.2) is 45.9 Å². The Labute approximate surface area is 225 Å². The van der Waals surface area contributed by atoms with Gasteiger partial charge in [0.2, 0.25) is 0 Å². The number of ether oxygens (including phenoxy) is 1. The molecular weight excluding hydrogens is 532 g/mol. The predicted molar refractivity (Wildman–Crippen MR) is 148 cm³/mol. The number of piperidine rings is 1. The number of amides is 2. The van der Waals surface area contributed by atoms with Crippen LogP contribution < -0.4 is 15.4 Å². The molecule has 3 aromatic rings. The Bertz CT molecular complexity index is 1300.